The zero-order chi connectivity index (χ0) is 16.1. The van der Waals surface area contributed by atoms with Crippen molar-refractivity contribution >= 4 is 11.9 Å². The smallest absolute Gasteiger partial charge is 0.303 e. The van der Waals surface area contributed by atoms with E-state index >= 15 is 0 Å². The van der Waals surface area contributed by atoms with Crippen LogP contribution in [-0.4, -0.2) is 34.5 Å². The van der Waals surface area contributed by atoms with Gasteiger partial charge in [0.2, 0.25) is 5.91 Å². The van der Waals surface area contributed by atoms with E-state index in [4.69, 9.17) is 5.11 Å². The summed E-state index contributed by atoms with van der Waals surface area (Å²) in [6.07, 6.45) is 9.70. The lowest BCUT2D eigenvalue weighted by molar-refractivity contribution is -0.138. The molecule has 0 radical (unpaired) electrons. The Hall–Kier alpha value is -1.06. The van der Waals surface area contributed by atoms with E-state index in [2.05, 4.69) is 6.92 Å². The maximum atomic E-state index is 12.2. The number of carbonyl (C=O) groups excluding carboxylic acids is 1. The van der Waals surface area contributed by atoms with Crippen molar-refractivity contribution in [1.29, 1.82) is 0 Å². The zero-order valence-corrected chi connectivity index (χ0v) is 14.1. The second-order valence-electron chi connectivity index (χ2n) is 6.05. The molecule has 1 amide bonds. The van der Waals surface area contributed by atoms with Crippen LogP contribution in [0.5, 0.6) is 0 Å². The van der Waals surface area contributed by atoms with Gasteiger partial charge in [-0.3, -0.25) is 9.59 Å². The van der Waals surface area contributed by atoms with Gasteiger partial charge in [-0.1, -0.05) is 45.4 Å². The Labute approximate surface area is 129 Å². The summed E-state index contributed by atoms with van der Waals surface area (Å²) in [6.45, 7) is 6.75. The molecule has 4 heteroatoms. The van der Waals surface area contributed by atoms with Crippen LogP contribution in [0.3, 0.4) is 0 Å². The van der Waals surface area contributed by atoms with Gasteiger partial charge in [0.15, 0.2) is 0 Å². The van der Waals surface area contributed by atoms with Gasteiger partial charge in [0.05, 0.1) is 0 Å². The summed E-state index contributed by atoms with van der Waals surface area (Å²) in [5, 5.41) is 8.66. The maximum absolute atomic E-state index is 12.2. The van der Waals surface area contributed by atoms with Gasteiger partial charge in [-0.2, -0.15) is 0 Å². The highest BCUT2D eigenvalue weighted by Gasteiger charge is 2.16. The summed E-state index contributed by atoms with van der Waals surface area (Å²) < 4.78 is 0. The number of unbranched alkanes of at least 4 members (excludes halogenated alkanes) is 6. The molecule has 0 saturated carbocycles. The predicted molar refractivity (Wildman–Crippen MR) is 86.3 cm³/mol. The molecule has 0 rings (SSSR count). The standard InChI is InChI=1S/C17H33NO3/c1-4-5-6-7-8-9-10-12-16(19)18(15(2)3)14-11-13-17(20)21/h15H,4-14H2,1-3H3,(H,20,21). The average molecular weight is 299 g/mol. The van der Waals surface area contributed by atoms with Crippen LogP contribution in [0.2, 0.25) is 0 Å². The van der Waals surface area contributed by atoms with Crippen LogP contribution in [0, 0.1) is 0 Å². The van der Waals surface area contributed by atoms with Crippen molar-refractivity contribution in [2.75, 3.05) is 6.54 Å². The number of amides is 1. The molecule has 0 aliphatic heterocycles. The fourth-order valence-corrected chi connectivity index (χ4v) is 2.45. The maximum Gasteiger partial charge on any atom is 0.303 e. The number of aliphatic carboxylic acids is 1. The number of rotatable bonds is 13. The molecule has 0 spiro atoms. The number of nitrogens with zero attached hydrogens (tertiary/aromatic N) is 1. The third-order valence-electron chi connectivity index (χ3n) is 3.73. The van der Waals surface area contributed by atoms with Crippen molar-refractivity contribution in [3.63, 3.8) is 0 Å². The third kappa shape index (κ3) is 11.3. The molecule has 0 aromatic rings. The van der Waals surface area contributed by atoms with E-state index < -0.39 is 5.97 Å². The summed E-state index contributed by atoms with van der Waals surface area (Å²) in [4.78, 5) is 24.5. The Morgan fingerprint density at radius 2 is 1.48 bits per heavy atom. The first-order valence-corrected chi connectivity index (χ1v) is 8.50. The van der Waals surface area contributed by atoms with Gasteiger partial charge in [0, 0.05) is 25.4 Å². The van der Waals surface area contributed by atoms with Crippen molar-refractivity contribution in [1.82, 2.24) is 4.90 Å². The Kier molecular flexibility index (Phi) is 12.0. The lowest BCUT2D eigenvalue weighted by Crippen LogP contribution is -2.37. The monoisotopic (exact) mass is 299 g/mol. The van der Waals surface area contributed by atoms with Crippen molar-refractivity contribution in [3.05, 3.63) is 0 Å². The fraction of sp³-hybridized carbons (Fsp3) is 0.882. The van der Waals surface area contributed by atoms with Gasteiger partial charge in [0.1, 0.15) is 0 Å². The Balaban J connectivity index is 3.83. The first-order chi connectivity index (χ1) is 9.99. The normalized spacial score (nSPS) is 10.9. The van der Waals surface area contributed by atoms with Crippen LogP contribution in [0.1, 0.15) is 85.0 Å². The van der Waals surface area contributed by atoms with Gasteiger partial charge in [-0.15, -0.1) is 0 Å². The number of carbonyl (C=O) groups is 2. The largest absolute Gasteiger partial charge is 0.481 e. The van der Waals surface area contributed by atoms with Crippen LogP contribution in [0.25, 0.3) is 0 Å². The molecule has 0 atom stereocenters. The Bertz CT molecular complexity index is 290. The topological polar surface area (TPSA) is 57.6 Å². The van der Waals surface area contributed by atoms with E-state index in [0.29, 0.717) is 19.4 Å². The molecule has 0 unspecified atom stereocenters. The van der Waals surface area contributed by atoms with Crippen molar-refractivity contribution in [2.24, 2.45) is 0 Å². The van der Waals surface area contributed by atoms with Gasteiger partial charge in [-0.25, -0.2) is 0 Å². The minimum absolute atomic E-state index is 0.133. The minimum atomic E-state index is -0.793. The molecule has 0 aromatic carbocycles. The minimum Gasteiger partial charge on any atom is -0.481 e. The predicted octanol–water partition coefficient (Wildman–Crippen LogP) is 4.23. The van der Waals surface area contributed by atoms with E-state index in [1.54, 1.807) is 0 Å². The van der Waals surface area contributed by atoms with Gasteiger partial charge >= 0.3 is 5.97 Å². The first kappa shape index (κ1) is 19.9. The van der Waals surface area contributed by atoms with E-state index in [9.17, 15) is 9.59 Å². The molecule has 4 nitrogen and oxygen atoms in total. The Morgan fingerprint density at radius 3 is 2.00 bits per heavy atom. The van der Waals surface area contributed by atoms with E-state index in [1.165, 1.54) is 32.1 Å². The molecule has 0 saturated heterocycles. The third-order valence-corrected chi connectivity index (χ3v) is 3.73. The van der Waals surface area contributed by atoms with Crippen LogP contribution in [-0.2, 0) is 9.59 Å². The summed E-state index contributed by atoms with van der Waals surface area (Å²) >= 11 is 0. The van der Waals surface area contributed by atoms with Gasteiger partial charge in [0.25, 0.3) is 0 Å². The molecular formula is C17H33NO3. The van der Waals surface area contributed by atoms with Crippen LogP contribution in [0.15, 0.2) is 0 Å². The van der Waals surface area contributed by atoms with Crippen molar-refractivity contribution < 1.29 is 14.7 Å². The van der Waals surface area contributed by atoms with E-state index in [0.717, 1.165) is 12.8 Å². The molecule has 0 heterocycles. The molecule has 124 valence electrons. The quantitative estimate of drug-likeness (QED) is 0.518. The molecule has 0 bridgehead atoms. The van der Waals surface area contributed by atoms with Crippen LogP contribution < -0.4 is 0 Å². The summed E-state index contributed by atoms with van der Waals surface area (Å²) in [5.74, 6) is -0.623. The second-order valence-corrected chi connectivity index (χ2v) is 6.05. The lowest BCUT2D eigenvalue weighted by Gasteiger charge is -2.26. The fourth-order valence-electron chi connectivity index (χ4n) is 2.45. The molecular weight excluding hydrogens is 266 g/mol. The number of carboxylic acid groups (broad SMARTS) is 1. The summed E-state index contributed by atoms with van der Waals surface area (Å²) in [5.41, 5.74) is 0. The summed E-state index contributed by atoms with van der Waals surface area (Å²) in [7, 11) is 0. The average Bonchev–Trinajstić information content (AvgIpc) is 2.41. The molecule has 21 heavy (non-hydrogen) atoms. The number of carboxylic acids is 1. The zero-order valence-electron chi connectivity index (χ0n) is 14.1. The highest BCUT2D eigenvalue weighted by molar-refractivity contribution is 5.76. The van der Waals surface area contributed by atoms with E-state index in [1.807, 2.05) is 18.7 Å². The molecule has 0 aliphatic carbocycles. The first-order valence-electron chi connectivity index (χ1n) is 8.50. The molecule has 1 N–H and O–H groups in total. The van der Waals surface area contributed by atoms with Gasteiger partial charge in [-0.05, 0) is 26.7 Å². The van der Waals surface area contributed by atoms with Crippen LogP contribution >= 0.6 is 0 Å². The lowest BCUT2D eigenvalue weighted by atomic mass is 10.1. The van der Waals surface area contributed by atoms with E-state index in [-0.39, 0.29) is 18.4 Å². The van der Waals surface area contributed by atoms with Gasteiger partial charge < -0.3 is 10.0 Å². The number of hydrogen-bond donors (Lipinski definition) is 1. The number of hydrogen-bond acceptors (Lipinski definition) is 2. The SMILES string of the molecule is CCCCCCCCCC(=O)N(CCCC(=O)O)C(C)C. The van der Waals surface area contributed by atoms with Crippen molar-refractivity contribution in [2.45, 2.75) is 91.0 Å². The second kappa shape index (κ2) is 12.7. The highest BCUT2D eigenvalue weighted by atomic mass is 16.4. The molecule has 0 aliphatic rings. The Morgan fingerprint density at radius 1 is 0.905 bits per heavy atom. The summed E-state index contributed by atoms with van der Waals surface area (Å²) in [6, 6.07) is 0.149. The molecule has 0 fully saturated rings. The van der Waals surface area contributed by atoms with Crippen molar-refractivity contribution in [3.8, 4) is 0 Å². The van der Waals surface area contributed by atoms with Crippen LogP contribution in [0.4, 0.5) is 0 Å². The highest BCUT2D eigenvalue weighted by Crippen LogP contribution is 2.11. The molecule has 0 aromatic heterocycles.